The molecule has 1 amide bonds. The number of carbonyl (C=O) groups is 1. The Balaban J connectivity index is 1.67. The number of hydrogen-bond donors (Lipinski definition) is 1. The topological polar surface area (TPSA) is 90.1 Å². The molecule has 0 atom stereocenters. The first-order valence-electron chi connectivity index (χ1n) is 7.92. The number of hydrogen-bond acceptors (Lipinski definition) is 4. The normalized spacial score (nSPS) is 10.8. The average molecular weight is 338 g/mol. The smallest absolute Gasteiger partial charge is 0.272 e. The summed E-state index contributed by atoms with van der Waals surface area (Å²) < 4.78 is 2.05. The summed E-state index contributed by atoms with van der Waals surface area (Å²) in [7, 11) is 0. The lowest BCUT2D eigenvalue weighted by Crippen LogP contribution is -2.27. The third-order valence-electron chi connectivity index (χ3n) is 4.12. The van der Waals surface area contributed by atoms with Crippen LogP contribution in [-0.4, -0.2) is 26.9 Å². The summed E-state index contributed by atoms with van der Waals surface area (Å²) >= 11 is 0. The summed E-state index contributed by atoms with van der Waals surface area (Å²) in [4.78, 5) is 27.1. The van der Waals surface area contributed by atoms with Gasteiger partial charge in [-0.25, -0.2) is 4.98 Å². The van der Waals surface area contributed by atoms with Crippen molar-refractivity contribution in [1.29, 1.82) is 0 Å². The molecule has 25 heavy (non-hydrogen) atoms. The van der Waals surface area contributed by atoms with Gasteiger partial charge in [-0.3, -0.25) is 14.9 Å². The second-order valence-corrected chi connectivity index (χ2v) is 5.81. The largest absolute Gasteiger partial charge is 0.350 e. The van der Waals surface area contributed by atoms with Crippen LogP contribution in [0.15, 0.2) is 42.5 Å². The molecular weight excluding hydrogens is 320 g/mol. The molecule has 128 valence electrons. The number of aryl methyl sites for hydroxylation is 2. The van der Waals surface area contributed by atoms with E-state index in [-0.39, 0.29) is 11.6 Å². The zero-order valence-corrected chi connectivity index (χ0v) is 14.0. The maximum absolute atomic E-state index is 12.2. The molecule has 0 aliphatic carbocycles. The van der Waals surface area contributed by atoms with Crippen LogP contribution in [0.1, 0.15) is 21.7 Å². The van der Waals surface area contributed by atoms with Gasteiger partial charge in [0.2, 0.25) is 0 Å². The molecule has 0 radical (unpaired) electrons. The minimum atomic E-state index is -0.454. The predicted octanol–water partition coefficient (Wildman–Crippen LogP) is 2.99. The van der Waals surface area contributed by atoms with Crippen LogP contribution in [0.5, 0.6) is 0 Å². The van der Waals surface area contributed by atoms with E-state index in [0.29, 0.717) is 24.2 Å². The molecular formula is C18H18N4O3. The molecule has 0 fully saturated rings. The lowest BCUT2D eigenvalue weighted by Gasteiger charge is -2.09. The van der Waals surface area contributed by atoms with Gasteiger partial charge < -0.3 is 9.88 Å². The van der Waals surface area contributed by atoms with Crippen LogP contribution in [0, 0.1) is 24.0 Å². The molecule has 0 unspecified atom stereocenters. The van der Waals surface area contributed by atoms with E-state index in [1.54, 1.807) is 6.92 Å². The summed E-state index contributed by atoms with van der Waals surface area (Å²) in [6.07, 6.45) is 0. The maximum atomic E-state index is 12.2. The highest BCUT2D eigenvalue weighted by molar-refractivity contribution is 5.94. The molecule has 1 aromatic heterocycles. The summed E-state index contributed by atoms with van der Waals surface area (Å²) in [5.74, 6) is 0.640. The van der Waals surface area contributed by atoms with E-state index in [2.05, 4.69) is 14.9 Å². The van der Waals surface area contributed by atoms with Crippen LogP contribution < -0.4 is 5.32 Å². The molecule has 0 aliphatic rings. The van der Waals surface area contributed by atoms with Gasteiger partial charge in [0.1, 0.15) is 5.82 Å². The van der Waals surface area contributed by atoms with E-state index < -0.39 is 4.92 Å². The number of nitrogens with zero attached hydrogens (tertiary/aromatic N) is 3. The third kappa shape index (κ3) is 3.35. The molecule has 7 heteroatoms. The molecule has 2 aromatic carbocycles. The predicted molar refractivity (Wildman–Crippen MR) is 94.6 cm³/mol. The minimum Gasteiger partial charge on any atom is -0.350 e. The van der Waals surface area contributed by atoms with E-state index >= 15 is 0 Å². The molecule has 0 spiro atoms. The van der Waals surface area contributed by atoms with Crippen LogP contribution in [0.25, 0.3) is 11.0 Å². The Bertz CT molecular complexity index is 962. The van der Waals surface area contributed by atoms with Crippen LogP contribution in [-0.2, 0) is 6.54 Å². The Hall–Kier alpha value is -3.22. The number of nitro benzene ring substituents is 1. The van der Waals surface area contributed by atoms with Crippen molar-refractivity contribution in [1.82, 2.24) is 14.9 Å². The first-order valence-corrected chi connectivity index (χ1v) is 7.92. The number of rotatable bonds is 5. The van der Waals surface area contributed by atoms with E-state index in [9.17, 15) is 14.9 Å². The standard InChI is InChI=1S/C18H18N4O3/c1-12-11-14(7-8-16(12)22(24)25)18(23)19-9-10-21-13(2)20-15-5-3-4-6-17(15)21/h3-8,11H,9-10H2,1-2H3,(H,19,23). The maximum Gasteiger partial charge on any atom is 0.272 e. The number of amides is 1. The van der Waals surface area contributed by atoms with Gasteiger partial charge in [0, 0.05) is 30.3 Å². The second-order valence-electron chi connectivity index (χ2n) is 5.81. The van der Waals surface area contributed by atoms with E-state index in [0.717, 1.165) is 16.9 Å². The highest BCUT2D eigenvalue weighted by atomic mass is 16.6. The van der Waals surface area contributed by atoms with Gasteiger partial charge in [0.15, 0.2) is 0 Å². The first-order chi connectivity index (χ1) is 12.0. The van der Waals surface area contributed by atoms with Crippen LogP contribution >= 0.6 is 0 Å². The van der Waals surface area contributed by atoms with Crippen molar-refractivity contribution in [2.24, 2.45) is 0 Å². The fourth-order valence-electron chi connectivity index (χ4n) is 2.86. The summed E-state index contributed by atoms with van der Waals surface area (Å²) in [5, 5.41) is 13.7. The Labute approximate surface area is 144 Å². The van der Waals surface area contributed by atoms with Gasteiger partial charge in [-0.1, -0.05) is 12.1 Å². The summed E-state index contributed by atoms with van der Waals surface area (Å²) in [5.41, 5.74) is 2.85. The summed E-state index contributed by atoms with van der Waals surface area (Å²) in [6, 6.07) is 12.2. The Morgan fingerprint density at radius 3 is 2.72 bits per heavy atom. The monoisotopic (exact) mass is 338 g/mol. The number of carbonyl (C=O) groups excluding carboxylic acids is 1. The molecule has 7 nitrogen and oxygen atoms in total. The Kier molecular flexibility index (Phi) is 4.47. The van der Waals surface area contributed by atoms with Crippen molar-refractivity contribution >= 4 is 22.6 Å². The molecule has 1 N–H and O–H groups in total. The number of imidazole rings is 1. The van der Waals surface area contributed by atoms with Crippen molar-refractivity contribution < 1.29 is 9.72 Å². The zero-order chi connectivity index (χ0) is 18.0. The van der Waals surface area contributed by atoms with Crippen molar-refractivity contribution in [3.8, 4) is 0 Å². The summed E-state index contributed by atoms with van der Waals surface area (Å²) in [6.45, 7) is 4.59. The Morgan fingerprint density at radius 1 is 1.24 bits per heavy atom. The van der Waals surface area contributed by atoms with Gasteiger partial charge in [0.25, 0.3) is 11.6 Å². The fraction of sp³-hybridized carbons (Fsp3) is 0.222. The molecule has 3 aromatic rings. The number of para-hydroxylation sites is 2. The van der Waals surface area contributed by atoms with Gasteiger partial charge in [0.05, 0.1) is 16.0 Å². The lowest BCUT2D eigenvalue weighted by atomic mass is 10.1. The molecule has 0 saturated heterocycles. The van der Waals surface area contributed by atoms with E-state index in [1.807, 2.05) is 31.2 Å². The first kappa shape index (κ1) is 16.6. The van der Waals surface area contributed by atoms with Crippen molar-refractivity contribution in [3.05, 3.63) is 69.5 Å². The number of aromatic nitrogens is 2. The number of nitro groups is 1. The van der Waals surface area contributed by atoms with Gasteiger partial charge in [-0.15, -0.1) is 0 Å². The highest BCUT2D eigenvalue weighted by Crippen LogP contribution is 2.19. The van der Waals surface area contributed by atoms with Gasteiger partial charge >= 0.3 is 0 Å². The minimum absolute atomic E-state index is 0.0112. The molecule has 0 bridgehead atoms. The van der Waals surface area contributed by atoms with Crippen LogP contribution in [0.4, 0.5) is 5.69 Å². The van der Waals surface area contributed by atoms with Crippen LogP contribution in [0.3, 0.4) is 0 Å². The van der Waals surface area contributed by atoms with Crippen molar-refractivity contribution in [2.75, 3.05) is 6.54 Å². The zero-order valence-electron chi connectivity index (χ0n) is 14.0. The van der Waals surface area contributed by atoms with E-state index in [4.69, 9.17) is 0 Å². The average Bonchev–Trinajstić information content (AvgIpc) is 2.90. The molecule has 0 saturated carbocycles. The molecule has 1 heterocycles. The Morgan fingerprint density at radius 2 is 2.00 bits per heavy atom. The van der Waals surface area contributed by atoms with Gasteiger partial charge in [-0.05, 0) is 38.1 Å². The molecule has 3 rings (SSSR count). The van der Waals surface area contributed by atoms with Crippen molar-refractivity contribution in [2.45, 2.75) is 20.4 Å². The molecule has 0 aliphatic heterocycles. The van der Waals surface area contributed by atoms with Gasteiger partial charge in [-0.2, -0.15) is 0 Å². The number of fused-ring (bicyclic) bond motifs is 1. The van der Waals surface area contributed by atoms with Crippen molar-refractivity contribution in [3.63, 3.8) is 0 Å². The van der Waals surface area contributed by atoms with Crippen LogP contribution in [0.2, 0.25) is 0 Å². The third-order valence-corrected chi connectivity index (χ3v) is 4.12. The number of nitrogens with one attached hydrogen (secondary N) is 1. The highest BCUT2D eigenvalue weighted by Gasteiger charge is 2.14. The SMILES string of the molecule is Cc1cc(C(=O)NCCn2c(C)nc3ccccc32)ccc1[N+](=O)[O-]. The lowest BCUT2D eigenvalue weighted by molar-refractivity contribution is -0.385. The van der Waals surface area contributed by atoms with E-state index in [1.165, 1.54) is 18.2 Å². The quantitative estimate of drug-likeness (QED) is 0.572. The fourth-order valence-corrected chi connectivity index (χ4v) is 2.86. The number of benzene rings is 2. The second kappa shape index (κ2) is 6.72.